The third kappa shape index (κ3) is 2.95. The van der Waals surface area contributed by atoms with Gasteiger partial charge in [-0.2, -0.15) is 12.3 Å². The fourth-order valence-corrected chi connectivity index (χ4v) is 4.53. The molecule has 1 unspecified atom stereocenters. The average molecular weight is 323 g/mol. The van der Waals surface area contributed by atoms with Gasteiger partial charge in [-0.15, -0.1) is 0 Å². The highest BCUT2D eigenvalue weighted by Crippen LogP contribution is 2.34. The molecule has 0 saturated carbocycles. The molecule has 5 nitrogen and oxygen atoms in total. The van der Waals surface area contributed by atoms with E-state index in [-0.39, 0.29) is 9.64 Å². The number of methoxy groups -OCH3 is 1. The summed E-state index contributed by atoms with van der Waals surface area (Å²) in [6, 6.07) is 7.17. The number of nitrogens with two attached hydrogens (primary N) is 1. The van der Waals surface area contributed by atoms with E-state index in [1.165, 1.54) is 0 Å². The van der Waals surface area contributed by atoms with E-state index in [2.05, 4.69) is 0 Å². The Kier molecular flexibility index (Phi) is 5.05. The fraction of sp³-hybridized carbons (Fsp3) is 0.375. The second-order valence-electron chi connectivity index (χ2n) is 5.27. The topological polar surface area (TPSA) is 69.4 Å². The van der Waals surface area contributed by atoms with E-state index in [4.69, 9.17) is 10.5 Å². The summed E-state index contributed by atoms with van der Waals surface area (Å²) >= 11 is 0. The van der Waals surface area contributed by atoms with Crippen LogP contribution in [0.3, 0.4) is 0 Å². The standard InChI is InChI=1S/C16H23N2O3S/c1-3-11-22(19,20)18(10-4-5-14(12-17)13-18)15-6-8-16(21-2)9-7-15/h4-9,13H,3,10-12,17H2,1-2H3/q+1. The summed E-state index contributed by atoms with van der Waals surface area (Å²) in [5.74, 6) is 0.826. The maximum atomic E-state index is 12.9. The van der Waals surface area contributed by atoms with Gasteiger partial charge < -0.3 is 10.5 Å². The van der Waals surface area contributed by atoms with Gasteiger partial charge in [-0.1, -0.05) is 13.0 Å². The maximum Gasteiger partial charge on any atom is 0.306 e. The van der Waals surface area contributed by atoms with Gasteiger partial charge in [0.2, 0.25) is 0 Å². The molecule has 0 spiro atoms. The third-order valence-corrected chi connectivity index (χ3v) is 6.17. The minimum atomic E-state index is -3.40. The van der Waals surface area contributed by atoms with Crippen molar-refractivity contribution in [2.24, 2.45) is 5.73 Å². The predicted octanol–water partition coefficient (Wildman–Crippen LogP) is 2.15. The first-order valence-electron chi connectivity index (χ1n) is 7.32. The molecule has 0 aromatic heterocycles. The zero-order valence-corrected chi connectivity index (χ0v) is 13.8. The first-order valence-corrected chi connectivity index (χ1v) is 8.93. The van der Waals surface area contributed by atoms with E-state index in [0.29, 0.717) is 30.9 Å². The number of rotatable bonds is 6. The predicted molar refractivity (Wildman–Crippen MR) is 90.0 cm³/mol. The smallest absolute Gasteiger partial charge is 0.306 e. The van der Waals surface area contributed by atoms with E-state index in [1.807, 2.05) is 19.1 Å². The van der Waals surface area contributed by atoms with Crippen LogP contribution in [0.5, 0.6) is 5.75 Å². The fourth-order valence-electron chi connectivity index (χ4n) is 2.63. The van der Waals surface area contributed by atoms with Crippen LogP contribution in [0.15, 0.2) is 48.2 Å². The van der Waals surface area contributed by atoms with Crippen molar-refractivity contribution in [3.63, 3.8) is 0 Å². The van der Waals surface area contributed by atoms with Gasteiger partial charge in [0.25, 0.3) is 0 Å². The Labute approximate surface area is 132 Å². The van der Waals surface area contributed by atoms with E-state index in [9.17, 15) is 8.42 Å². The molecule has 1 aliphatic rings. The molecule has 1 aromatic rings. The molecule has 1 aromatic carbocycles. The number of quaternary nitrogens is 1. The molecule has 2 N–H and O–H groups in total. The first-order chi connectivity index (χ1) is 10.5. The lowest BCUT2D eigenvalue weighted by atomic mass is 10.2. The number of benzene rings is 1. The average Bonchev–Trinajstić information content (AvgIpc) is 2.54. The van der Waals surface area contributed by atoms with E-state index in [0.717, 1.165) is 5.57 Å². The molecule has 6 heteroatoms. The van der Waals surface area contributed by atoms with Crippen molar-refractivity contribution in [1.82, 2.24) is 3.89 Å². The molecule has 0 radical (unpaired) electrons. The summed E-state index contributed by atoms with van der Waals surface area (Å²) in [5.41, 5.74) is 7.24. The van der Waals surface area contributed by atoms with Crippen molar-refractivity contribution >= 4 is 15.7 Å². The molecule has 120 valence electrons. The van der Waals surface area contributed by atoms with Gasteiger partial charge in [0.05, 0.1) is 7.11 Å². The third-order valence-electron chi connectivity index (χ3n) is 3.79. The van der Waals surface area contributed by atoms with Gasteiger partial charge in [-0.3, -0.25) is 0 Å². The number of hydrogen-bond acceptors (Lipinski definition) is 4. The lowest BCUT2D eigenvalue weighted by Crippen LogP contribution is -2.52. The van der Waals surface area contributed by atoms with Crippen LogP contribution >= 0.6 is 0 Å². The molecule has 0 saturated heterocycles. The van der Waals surface area contributed by atoms with Crippen molar-refractivity contribution < 1.29 is 13.2 Å². The molecule has 1 atom stereocenters. The van der Waals surface area contributed by atoms with Crippen LogP contribution in [0.4, 0.5) is 5.69 Å². The summed E-state index contributed by atoms with van der Waals surface area (Å²) < 4.78 is 30.8. The minimum absolute atomic E-state index is 0.126. The number of ether oxygens (including phenoxy) is 1. The highest BCUT2D eigenvalue weighted by molar-refractivity contribution is 7.91. The highest BCUT2D eigenvalue weighted by Gasteiger charge is 2.42. The molecular formula is C16H23N2O3S+. The van der Waals surface area contributed by atoms with Crippen molar-refractivity contribution in [3.8, 4) is 5.75 Å². The summed E-state index contributed by atoms with van der Waals surface area (Å²) in [5, 5.41) is 0. The zero-order chi connectivity index (χ0) is 16.2. The molecule has 22 heavy (non-hydrogen) atoms. The van der Waals surface area contributed by atoms with Crippen molar-refractivity contribution in [3.05, 3.63) is 48.2 Å². The molecule has 0 fully saturated rings. The Morgan fingerprint density at radius 3 is 2.50 bits per heavy atom. The largest absolute Gasteiger partial charge is 0.497 e. The van der Waals surface area contributed by atoms with Gasteiger partial charge in [0.1, 0.15) is 24.2 Å². The number of nitrogens with zero attached hydrogens (tertiary/aromatic N) is 1. The van der Waals surface area contributed by atoms with Gasteiger partial charge in [-0.25, -0.2) is 0 Å². The van der Waals surface area contributed by atoms with Crippen LogP contribution in [0.2, 0.25) is 0 Å². The molecule has 1 heterocycles. The van der Waals surface area contributed by atoms with Gasteiger partial charge >= 0.3 is 10.0 Å². The van der Waals surface area contributed by atoms with Crippen molar-refractivity contribution in [2.45, 2.75) is 13.3 Å². The molecule has 0 amide bonds. The van der Waals surface area contributed by atoms with Gasteiger partial charge in [-0.05, 0) is 24.6 Å². The summed E-state index contributed by atoms with van der Waals surface area (Å²) in [6.45, 7) is 2.56. The molecule has 2 rings (SSSR count). The van der Waals surface area contributed by atoms with Gasteiger partial charge in [0.15, 0.2) is 5.69 Å². The SMILES string of the molecule is CCCS(=O)(=O)[N+]1(c2ccc(OC)cc2)C=C(CN)C=CC1. The number of hydrogen-bond donors (Lipinski definition) is 1. The van der Waals surface area contributed by atoms with E-state index < -0.39 is 10.0 Å². The molecule has 0 bridgehead atoms. The summed E-state index contributed by atoms with van der Waals surface area (Å²) in [6.07, 6.45) is 6.10. The van der Waals surface area contributed by atoms with E-state index >= 15 is 0 Å². The van der Waals surface area contributed by atoms with Crippen LogP contribution in [0.25, 0.3) is 0 Å². The normalized spacial score (nSPS) is 21.5. The lowest BCUT2D eigenvalue weighted by molar-refractivity contribution is 0.414. The van der Waals surface area contributed by atoms with Crippen LogP contribution < -0.4 is 14.4 Å². The summed E-state index contributed by atoms with van der Waals surface area (Å²) in [4.78, 5) is 0. The monoisotopic (exact) mass is 323 g/mol. The van der Waals surface area contributed by atoms with Crippen molar-refractivity contribution in [1.29, 1.82) is 0 Å². The number of sulfonamides is 1. The Balaban J connectivity index is 2.60. The van der Waals surface area contributed by atoms with Crippen LogP contribution in [-0.2, 0) is 10.0 Å². The van der Waals surface area contributed by atoms with Crippen LogP contribution in [0, 0.1) is 0 Å². The molecule has 1 aliphatic heterocycles. The van der Waals surface area contributed by atoms with Crippen molar-refractivity contribution in [2.75, 3.05) is 26.0 Å². The molecule has 0 aliphatic carbocycles. The van der Waals surface area contributed by atoms with Gasteiger partial charge in [0, 0.05) is 24.3 Å². The van der Waals surface area contributed by atoms with E-state index in [1.54, 1.807) is 37.6 Å². The van der Waals surface area contributed by atoms with Crippen LogP contribution in [-0.4, -0.2) is 34.4 Å². The first kappa shape index (κ1) is 16.7. The second-order valence-corrected chi connectivity index (χ2v) is 7.50. The minimum Gasteiger partial charge on any atom is -0.497 e. The van der Waals surface area contributed by atoms with Crippen LogP contribution in [0.1, 0.15) is 13.3 Å². The zero-order valence-electron chi connectivity index (χ0n) is 13.0. The highest BCUT2D eigenvalue weighted by atomic mass is 32.2. The lowest BCUT2D eigenvalue weighted by Gasteiger charge is -2.34. The molecular weight excluding hydrogens is 300 g/mol. The Bertz CT molecular complexity index is 678. The summed E-state index contributed by atoms with van der Waals surface area (Å²) in [7, 11) is -1.81. The second kappa shape index (κ2) is 6.64. The quantitative estimate of drug-likeness (QED) is 0.815. The maximum absolute atomic E-state index is 12.9. The Hall–Kier alpha value is -1.63. The Morgan fingerprint density at radius 1 is 1.27 bits per heavy atom. The Morgan fingerprint density at radius 2 is 1.95 bits per heavy atom.